The fourth-order valence-corrected chi connectivity index (χ4v) is 2.28. The second kappa shape index (κ2) is 8.06. The van der Waals surface area contributed by atoms with Crippen molar-refractivity contribution in [2.24, 2.45) is 0 Å². The van der Waals surface area contributed by atoms with Crippen molar-refractivity contribution in [3.63, 3.8) is 0 Å². The highest BCUT2D eigenvalue weighted by atomic mass is 19.4. The molecule has 1 aliphatic rings. The topological polar surface area (TPSA) is 117 Å². The van der Waals surface area contributed by atoms with Crippen LogP contribution in [0.1, 0.15) is 5.69 Å². The molecular weight excluding hydrogens is 347 g/mol. The number of anilines is 1. The van der Waals surface area contributed by atoms with Crippen LogP contribution in [0.3, 0.4) is 0 Å². The molecule has 1 aliphatic heterocycles. The van der Waals surface area contributed by atoms with E-state index in [1.807, 2.05) is 0 Å². The predicted molar refractivity (Wildman–Crippen MR) is 78.4 cm³/mol. The van der Waals surface area contributed by atoms with Crippen LogP contribution in [0.5, 0.6) is 0 Å². The zero-order valence-corrected chi connectivity index (χ0v) is 12.9. The number of nitrogens with zero attached hydrogens (tertiary/aromatic N) is 2. The smallest absolute Gasteiger partial charge is 0.394 e. The number of rotatable bonds is 6. The standard InChI is InChI=1S/C14H18F3N3O5/c1-2-5-24-12-9(11(23)10(22)7(6-21)25-12)20-13-18-4-3-8(19-13)14(15,16)17/h2-4,7,9-12,21-23H,1,5-6H2,(H,18,19,20)/t7-,9?,10?,11?,12?/m0/s1. The van der Waals surface area contributed by atoms with Gasteiger partial charge in [-0.05, 0) is 6.07 Å². The van der Waals surface area contributed by atoms with Crippen LogP contribution in [0.15, 0.2) is 24.9 Å². The van der Waals surface area contributed by atoms with Gasteiger partial charge in [-0.2, -0.15) is 13.2 Å². The molecule has 25 heavy (non-hydrogen) atoms. The molecule has 11 heteroatoms. The minimum atomic E-state index is -4.67. The molecule has 1 saturated heterocycles. The van der Waals surface area contributed by atoms with E-state index in [0.717, 1.165) is 6.20 Å². The summed E-state index contributed by atoms with van der Waals surface area (Å²) < 4.78 is 48.8. The lowest BCUT2D eigenvalue weighted by molar-refractivity contribution is -0.259. The molecule has 4 unspecified atom stereocenters. The van der Waals surface area contributed by atoms with Gasteiger partial charge in [0.1, 0.15) is 30.0 Å². The Morgan fingerprint density at radius 3 is 2.68 bits per heavy atom. The number of nitrogens with one attached hydrogen (secondary N) is 1. The Hall–Kier alpha value is -1.79. The second-order valence-corrected chi connectivity index (χ2v) is 5.26. The molecule has 0 spiro atoms. The summed E-state index contributed by atoms with van der Waals surface area (Å²) in [6.07, 6.45) is -7.68. The zero-order valence-electron chi connectivity index (χ0n) is 12.9. The van der Waals surface area contributed by atoms with Crippen molar-refractivity contribution in [2.75, 3.05) is 18.5 Å². The third-order valence-corrected chi connectivity index (χ3v) is 3.50. The van der Waals surface area contributed by atoms with Crippen LogP contribution in [-0.2, 0) is 15.7 Å². The van der Waals surface area contributed by atoms with Gasteiger partial charge in [0.15, 0.2) is 6.29 Å². The molecule has 8 nitrogen and oxygen atoms in total. The fourth-order valence-electron chi connectivity index (χ4n) is 2.28. The Kier molecular flexibility index (Phi) is 6.30. The summed E-state index contributed by atoms with van der Waals surface area (Å²) in [6, 6.07) is -0.484. The molecule has 2 heterocycles. The lowest BCUT2D eigenvalue weighted by Gasteiger charge is -2.42. The molecule has 2 rings (SSSR count). The molecule has 0 bridgehead atoms. The Balaban J connectivity index is 2.22. The number of hydrogen-bond donors (Lipinski definition) is 4. The van der Waals surface area contributed by atoms with Crippen LogP contribution in [0.4, 0.5) is 19.1 Å². The predicted octanol–water partition coefficient (Wildman–Crippen LogP) is -0.0825. The lowest BCUT2D eigenvalue weighted by atomic mass is 9.97. The number of aliphatic hydroxyl groups excluding tert-OH is 3. The summed E-state index contributed by atoms with van der Waals surface area (Å²) in [5, 5.41) is 31.8. The highest BCUT2D eigenvalue weighted by molar-refractivity contribution is 5.29. The summed E-state index contributed by atoms with van der Waals surface area (Å²) in [7, 11) is 0. The van der Waals surface area contributed by atoms with Crippen molar-refractivity contribution >= 4 is 5.95 Å². The Morgan fingerprint density at radius 1 is 1.36 bits per heavy atom. The first-order chi connectivity index (χ1) is 11.8. The summed E-state index contributed by atoms with van der Waals surface area (Å²) in [6.45, 7) is 2.88. The van der Waals surface area contributed by atoms with Crippen molar-refractivity contribution in [3.8, 4) is 0 Å². The number of halogens is 3. The molecule has 1 aromatic rings. The third kappa shape index (κ3) is 4.64. The molecule has 4 N–H and O–H groups in total. The van der Waals surface area contributed by atoms with Gasteiger partial charge in [-0.15, -0.1) is 6.58 Å². The van der Waals surface area contributed by atoms with E-state index in [0.29, 0.717) is 6.07 Å². The largest absolute Gasteiger partial charge is 0.433 e. The monoisotopic (exact) mass is 365 g/mol. The summed E-state index contributed by atoms with van der Waals surface area (Å²) >= 11 is 0. The summed E-state index contributed by atoms with van der Waals surface area (Å²) in [4.78, 5) is 7.00. The highest BCUT2D eigenvalue weighted by Gasteiger charge is 2.45. The maximum atomic E-state index is 12.7. The first kappa shape index (κ1) is 19.5. The van der Waals surface area contributed by atoms with Gasteiger partial charge in [-0.3, -0.25) is 0 Å². The van der Waals surface area contributed by atoms with Crippen molar-refractivity contribution in [2.45, 2.75) is 36.8 Å². The maximum Gasteiger partial charge on any atom is 0.433 e. The summed E-state index contributed by atoms with van der Waals surface area (Å²) in [5.74, 6) is -0.427. The third-order valence-electron chi connectivity index (χ3n) is 3.50. The van der Waals surface area contributed by atoms with Gasteiger partial charge < -0.3 is 30.1 Å². The number of alkyl halides is 3. The van der Waals surface area contributed by atoms with E-state index in [2.05, 4.69) is 21.9 Å². The molecule has 0 radical (unpaired) electrons. The van der Waals surface area contributed by atoms with E-state index < -0.39 is 55.1 Å². The van der Waals surface area contributed by atoms with Gasteiger partial charge in [0, 0.05) is 6.20 Å². The van der Waals surface area contributed by atoms with Crippen LogP contribution in [-0.4, -0.2) is 69.1 Å². The SMILES string of the molecule is C=CCOC1O[C@@H](CO)C(O)C(O)C1Nc1nccc(C(F)(F)F)n1. The highest BCUT2D eigenvalue weighted by Crippen LogP contribution is 2.29. The number of hydrogen-bond acceptors (Lipinski definition) is 8. The Bertz CT molecular complexity index is 589. The van der Waals surface area contributed by atoms with E-state index in [1.165, 1.54) is 6.08 Å². The van der Waals surface area contributed by atoms with E-state index in [4.69, 9.17) is 9.47 Å². The molecule has 1 aromatic heterocycles. The normalized spacial score (nSPS) is 30.1. The number of aliphatic hydroxyl groups is 3. The van der Waals surface area contributed by atoms with Crippen LogP contribution < -0.4 is 5.32 Å². The molecule has 1 fully saturated rings. The molecule has 0 amide bonds. The van der Waals surface area contributed by atoms with Crippen molar-refractivity contribution in [1.29, 1.82) is 0 Å². The minimum absolute atomic E-state index is 0.00720. The second-order valence-electron chi connectivity index (χ2n) is 5.26. The molecule has 0 aromatic carbocycles. The van der Waals surface area contributed by atoms with E-state index in [9.17, 15) is 28.5 Å². The van der Waals surface area contributed by atoms with Crippen molar-refractivity contribution in [1.82, 2.24) is 9.97 Å². The lowest BCUT2D eigenvalue weighted by Crippen LogP contribution is -2.61. The van der Waals surface area contributed by atoms with Crippen LogP contribution in [0.2, 0.25) is 0 Å². The minimum Gasteiger partial charge on any atom is -0.394 e. The van der Waals surface area contributed by atoms with E-state index in [-0.39, 0.29) is 6.61 Å². The van der Waals surface area contributed by atoms with Gasteiger partial charge in [-0.25, -0.2) is 9.97 Å². The maximum absolute atomic E-state index is 12.7. The Labute approximate surface area is 140 Å². The van der Waals surface area contributed by atoms with Crippen LogP contribution >= 0.6 is 0 Å². The average Bonchev–Trinajstić information content (AvgIpc) is 2.58. The molecule has 5 atom stereocenters. The van der Waals surface area contributed by atoms with Crippen LogP contribution in [0, 0.1) is 0 Å². The molecule has 0 saturated carbocycles. The molecule has 0 aliphatic carbocycles. The van der Waals surface area contributed by atoms with Gasteiger partial charge >= 0.3 is 6.18 Å². The Morgan fingerprint density at radius 2 is 2.08 bits per heavy atom. The van der Waals surface area contributed by atoms with Crippen molar-refractivity contribution in [3.05, 3.63) is 30.6 Å². The van der Waals surface area contributed by atoms with Gasteiger partial charge in [0.2, 0.25) is 5.95 Å². The van der Waals surface area contributed by atoms with Crippen molar-refractivity contribution < 1.29 is 38.0 Å². The van der Waals surface area contributed by atoms with Crippen LogP contribution in [0.25, 0.3) is 0 Å². The first-order valence-corrected chi connectivity index (χ1v) is 7.29. The fraction of sp³-hybridized carbons (Fsp3) is 0.571. The number of aromatic nitrogens is 2. The zero-order chi connectivity index (χ0) is 18.6. The number of ether oxygens (including phenoxy) is 2. The molecule has 140 valence electrons. The van der Waals surface area contributed by atoms with E-state index in [1.54, 1.807) is 0 Å². The van der Waals surface area contributed by atoms with E-state index >= 15 is 0 Å². The van der Waals surface area contributed by atoms with Gasteiger partial charge in [-0.1, -0.05) is 6.08 Å². The first-order valence-electron chi connectivity index (χ1n) is 7.29. The summed E-state index contributed by atoms with van der Waals surface area (Å²) in [5.41, 5.74) is -1.17. The van der Waals surface area contributed by atoms with Gasteiger partial charge in [0.05, 0.1) is 13.2 Å². The molecular formula is C14H18F3N3O5. The average molecular weight is 365 g/mol. The van der Waals surface area contributed by atoms with Gasteiger partial charge in [0.25, 0.3) is 0 Å². The quantitative estimate of drug-likeness (QED) is 0.517.